The quantitative estimate of drug-likeness (QED) is 0.449. The highest BCUT2D eigenvalue weighted by Crippen LogP contribution is 2.37. The maximum Gasteiger partial charge on any atom is 0.348 e. The normalized spacial score (nSPS) is 10.9. The Labute approximate surface area is 193 Å². The fraction of sp³-hybridized carbons (Fsp3) is 0.364. The largest absolute Gasteiger partial charge is 0.462 e. The standard InChI is InChI=1S/C22H25N3O5S2/c1-5-8-12-9-10-13-15(23)17(32-19(13)24-12)18(26)25-20-14(21(27)29-6-2)11(4)16(31-20)22(28)30-7-3/h9-10H,5-8,23H2,1-4H3,(H,25,26). The van der Waals surface area contributed by atoms with E-state index in [-0.39, 0.29) is 28.7 Å². The number of anilines is 2. The highest BCUT2D eigenvalue weighted by atomic mass is 32.1. The molecule has 0 unspecified atom stereocenters. The van der Waals surface area contributed by atoms with Crippen LogP contribution in [0.1, 0.15) is 68.2 Å². The molecule has 8 nitrogen and oxygen atoms in total. The SMILES string of the molecule is CCCc1ccc2c(N)c(C(=O)Nc3sc(C(=O)OCC)c(C)c3C(=O)OCC)sc2n1. The lowest BCUT2D eigenvalue weighted by atomic mass is 10.1. The number of thiophene rings is 2. The van der Waals surface area contributed by atoms with Crippen molar-refractivity contribution in [3.63, 3.8) is 0 Å². The van der Waals surface area contributed by atoms with E-state index < -0.39 is 17.8 Å². The van der Waals surface area contributed by atoms with Gasteiger partial charge >= 0.3 is 11.9 Å². The number of ether oxygens (including phenoxy) is 2. The Morgan fingerprint density at radius 3 is 2.38 bits per heavy atom. The van der Waals surface area contributed by atoms with Crippen LogP contribution in [-0.2, 0) is 15.9 Å². The van der Waals surface area contributed by atoms with Crippen molar-refractivity contribution in [1.82, 2.24) is 4.98 Å². The van der Waals surface area contributed by atoms with Crippen molar-refractivity contribution < 1.29 is 23.9 Å². The summed E-state index contributed by atoms with van der Waals surface area (Å²) in [4.78, 5) is 43.8. The van der Waals surface area contributed by atoms with Crippen LogP contribution in [-0.4, -0.2) is 36.0 Å². The third kappa shape index (κ3) is 4.61. The number of carbonyl (C=O) groups is 3. The van der Waals surface area contributed by atoms with Crippen LogP contribution in [0.5, 0.6) is 0 Å². The summed E-state index contributed by atoms with van der Waals surface area (Å²) < 4.78 is 10.2. The third-order valence-electron chi connectivity index (χ3n) is 4.68. The van der Waals surface area contributed by atoms with Crippen molar-refractivity contribution in [1.29, 1.82) is 0 Å². The number of nitrogens with zero attached hydrogens (tertiary/aromatic N) is 1. The number of nitrogens with two attached hydrogens (primary N) is 1. The number of pyridine rings is 1. The summed E-state index contributed by atoms with van der Waals surface area (Å²) in [6.45, 7) is 7.42. The maximum absolute atomic E-state index is 13.1. The second-order valence-corrected chi connectivity index (χ2v) is 8.93. The minimum absolute atomic E-state index is 0.135. The fourth-order valence-electron chi connectivity index (χ4n) is 3.20. The number of hydrogen-bond donors (Lipinski definition) is 2. The van der Waals surface area contributed by atoms with Gasteiger partial charge in [-0.1, -0.05) is 13.3 Å². The summed E-state index contributed by atoms with van der Waals surface area (Å²) in [6.07, 6.45) is 1.80. The molecule has 170 valence electrons. The molecule has 0 saturated heterocycles. The van der Waals surface area contributed by atoms with Gasteiger partial charge in [-0.05, 0) is 44.9 Å². The molecule has 3 N–H and O–H groups in total. The molecule has 10 heteroatoms. The molecule has 0 radical (unpaired) electrons. The van der Waals surface area contributed by atoms with Crippen molar-refractivity contribution in [3.8, 4) is 0 Å². The van der Waals surface area contributed by atoms with Crippen molar-refractivity contribution in [3.05, 3.63) is 38.7 Å². The molecule has 0 aliphatic rings. The second-order valence-electron chi connectivity index (χ2n) is 6.91. The highest BCUT2D eigenvalue weighted by molar-refractivity contribution is 7.21. The molecule has 0 fully saturated rings. The Morgan fingerprint density at radius 1 is 1.03 bits per heavy atom. The Morgan fingerprint density at radius 2 is 1.72 bits per heavy atom. The number of hydrogen-bond acceptors (Lipinski definition) is 9. The Hall–Kier alpha value is -2.98. The zero-order valence-electron chi connectivity index (χ0n) is 18.4. The molecule has 3 rings (SSSR count). The van der Waals surface area contributed by atoms with E-state index in [9.17, 15) is 14.4 Å². The van der Waals surface area contributed by atoms with Gasteiger partial charge in [-0.25, -0.2) is 14.6 Å². The molecule has 0 saturated carbocycles. The van der Waals surface area contributed by atoms with Crippen LogP contribution in [0.4, 0.5) is 10.7 Å². The fourth-order valence-corrected chi connectivity index (χ4v) is 5.29. The zero-order valence-corrected chi connectivity index (χ0v) is 20.0. The smallest absolute Gasteiger partial charge is 0.348 e. The lowest BCUT2D eigenvalue weighted by Crippen LogP contribution is -2.15. The number of nitrogens with one attached hydrogen (secondary N) is 1. The lowest BCUT2D eigenvalue weighted by Gasteiger charge is -2.06. The summed E-state index contributed by atoms with van der Waals surface area (Å²) in [5.41, 5.74) is 8.03. The molecule has 0 aliphatic carbocycles. The topological polar surface area (TPSA) is 121 Å². The van der Waals surface area contributed by atoms with Gasteiger partial charge < -0.3 is 20.5 Å². The van der Waals surface area contributed by atoms with Gasteiger partial charge in [0.2, 0.25) is 0 Å². The molecular formula is C22H25N3O5S2. The van der Waals surface area contributed by atoms with E-state index in [0.717, 1.165) is 29.9 Å². The number of esters is 2. The Bertz CT molecular complexity index is 1180. The van der Waals surface area contributed by atoms with E-state index in [1.807, 2.05) is 12.1 Å². The van der Waals surface area contributed by atoms with Gasteiger partial charge in [-0.3, -0.25) is 4.79 Å². The molecule has 0 aromatic carbocycles. The van der Waals surface area contributed by atoms with E-state index in [0.29, 0.717) is 26.3 Å². The number of aromatic nitrogens is 1. The van der Waals surface area contributed by atoms with Crippen LogP contribution >= 0.6 is 22.7 Å². The van der Waals surface area contributed by atoms with Crippen molar-refractivity contribution in [2.45, 2.75) is 40.5 Å². The van der Waals surface area contributed by atoms with Crippen LogP contribution in [0, 0.1) is 6.92 Å². The molecular weight excluding hydrogens is 450 g/mol. The van der Waals surface area contributed by atoms with E-state index in [1.54, 1.807) is 20.8 Å². The average molecular weight is 476 g/mol. The van der Waals surface area contributed by atoms with Crippen LogP contribution in [0.25, 0.3) is 10.2 Å². The number of carbonyl (C=O) groups excluding carboxylic acids is 3. The van der Waals surface area contributed by atoms with E-state index in [1.165, 1.54) is 11.3 Å². The van der Waals surface area contributed by atoms with Crippen LogP contribution in [0.15, 0.2) is 12.1 Å². The van der Waals surface area contributed by atoms with E-state index >= 15 is 0 Å². The molecule has 3 aromatic heterocycles. The van der Waals surface area contributed by atoms with Crippen molar-refractivity contribution >= 4 is 61.4 Å². The van der Waals surface area contributed by atoms with Gasteiger partial charge in [0.1, 0.15) is 19.6 Å². The van der Waals surface area contributed by atoms with E-state index in [4.69, 9.17) is 15.2 Å². The lowest BCUT2D eigenvalue weighted by molar-refractivity contribution is 0.0527. The minimum Gasteiger partial charge on any atom is -0.462 e. The number of amides is 1. The molecule has 3 heterocycles. The summed E-state index contributed by atoms with van der Waals surface area (Å²) >= 11 is 2.16. The first kappa shape index (κ1) is 23.7. The van der Waals surface area contributed by atoms with Gasteiger partial charge in [0.25, 0.3) is 5.91 Å². The summed E-state index contributed by atoms with van der Waals surface area (Å²) in [5.74, 6) is -1.66. The Balaban J connectivity index is 1.99. The van der Waals surface area contributed by atoms with Crippen LogP contribution < -0.4 is 11.1 Å². The first-order chi connectivity index (χ1) is 15.3. The average Bonchev–Trinajstić information content (AvgIpc) is 3.25. The third-order valence-corrected chi connectivity index (χ3v) is 6.98. The maximum atomic E-state index is 13.1. The first-order valence-corrected chi connectivity index (χ1v) is 11.9. The number of aryl methyl sites for hydroxylation is 1. The number of fused-ring (bicyclic) bond motifs is 1. The Kier molecular flexibility index (Phi) is 7.47. The molecule has 32 heavy (non-hydrogen) atoms. The molecule has 0 bridgehead atoms. The predicted octanol–water partition coefficient (Wildman–Crippen LogP) is 4.81. The summed E-state index contributed by atoms with van der Waals surface area (Å²) in [7, 11) is 0. The minimum atomic E-state index is -0.623. The van der Waals surface area contributed by atoms with Crippen molar-refractivity contribution in [2.24, 2.45) is 0 Å². The first-order valence-electron chi connectivity index (χ1n) is 10.3. The second kappa shape index (κ2) is 10.1. The monoisotopic (exact) mass is 475 g/mol. The molecule has 0 atom stereocenters. The summed E-state index contributed by atoms with van der Waals surface area (Å²) in [6, 6.07) is 3.78. The molecule has 0 aliphatic heterocycles. The van der Waals surface area contributed by atoms with Crippen LogP contribution in [0.2, 0.25) is 0 Å². The van der Waals surface area contributed by atoms with E-state index in [2.05, 4.69) is 17.2 Å². The predicted molar refractivity (Wildman–Crippen MR) is 127 cm³/mol. The van der Waals surface area contributed by atoms with Gasteiger partial charge in [0.05, 0.1) is 24.5 Å². The van der Waals surface area contributed by atoms with Gasteiger partial charge in [0, 0.05) is 11.1 Å². The van der Waals surface area contributed by atoms with Crippen LogP contribution in [0.3, 0.4) is 0 Å². The zero-order chi connectivity index (χ0) is 23.4. The molecule has 3 aromatic rings. The van der Waals surface area contributed by atoms with Gasteiger partial charge in [0.15, 0.2) is 0 Å². The van der Waals surface area contributed by atoms with Gasteiger partial charge in [-0.15, -0.1) is 22.7 Å². The van der Waals surface area contributed by atoms with Crippen molar-refractivity contribution in [2.75, 3.05) is 24.3 Å². The highest BCUT2D eigenvalue weighted by Gasteiger charge is 2.28. The molecule has 0 spiro atoms. The number of nitrogen functional groups attached to an aromatic ring is 1. The summed E-state index contributed by atoms with van der Waals surface area (Å²) in [5, 5.41) is 3.66. The molecule has 1 amide bonds. The number of rotatable bonds is 8. The van der Waals surface area contributed by atoms with Gasteiger partial charge in [-0.2, -0.15) is 0 Å².